The first kappa shape index (κ1) is 29.5. The predicted octanol–water partition coefficient (Wildman–Crippen LogP) is 5.66. The molecule has 0 saturated heterocycles. The lowest BCUT2D eigenvalue weighted by molar-refractivity contribution is 0.215. The van der Waals surface area contributed by atoms with Crippen molar-refractivity contribution in [2.45, 2.75) is 49.5 Å². The molecule has 0 heterocycles. The van der Waals surface area contributed by atoms with Gasteiger partial charge in [-0.3, -0.25) is 0 Å². The molecular formula is C15H34O. The van der Waals surface area contributed by atoms with Crippen molar-refractivity contribution < 1.29 is 4.74 Å². The highest BCUT2D eigenvalue weighted by molar-refractivity contribution is 4.99. The molecule has 0 N–H and O–H groups in total. The average molecular weight is 230 g/mol. The first-order valence-electron chi connectivity index (χ1n) is 5.40. The van der Waals surface area contributed by atoms with E-state index in [4.69, 9.17) is 0 Å². The van der Waals surface area contributed by atoms with E-state index in [2.05, 4.69) is 4.74 Å². The number of benzene rings is 1. The van der Waals surface area contributed by atoms with Gasteiger partial charge in [0.15, 0.2) is 0 Å². The van der Waals surface area contributed by atoms with Crippen molar-refractivity contribution in [3.63, 3.8) is 0 Å². The van der Waals surface area contributed by atoms with Gasteiger partial charge in [-0.2, -0.15) is 0 Å². The first-order chi connectivity index (χ1) is 6.91. The fourth-order valence-corrected chi connectivity index (χ4v) is 0.385. The Labute approximate surface area is 105 Å². The Balaban J connectivity index is -0.0000000364. The zero-order valence-corrected chi connectivity index (χ0v) is 10.6. The summed E-state index contributed by atoms with van der Waals surface area (Å²) in [4.78, 5) is 0. The summed E-state index contributed by atoms with van der Waals surface area (Å²) in [5.74, 6) is 0. The molecule has 0 aromatic heterocycles. The van der Waals surface area contributed by atoms with Crippen LogP contribution in [0.4, 0.5) is 0 Å². The lowest BCUT2D eigenvalue weighted by Gasteiger charge is -1.76. The summed E-state index contributed by atoms with van der Waals surface area (Å²) >= 11 is 0. The first-order valence-corrected chi connectivity index (χ1v) is 5.40. The van der Waals surface area contributed by atoms with Crippen LogP contribution in [-0.2, 0) is 4.74 Å². The average Bonchev–Trinajstić information content (AvgIpc) is 2.36. The number of hydrogen-bond donors (Lipinski definition) is 0. The summed E-state index contributed by atoms with van der Waals surface area (Å²) in [5.41, 5.74) is 0. The smallest absolute Gasteiger partial charge is 0.0433 e. The van der Waals surface area contributed by atoms with Gasteiger partial charge >= 0.3 is 0 Å². The van der Waals surface area contributed by atoms with Gasteiger partial charge in [0.1, 0.15) is 0 Å². The molecule has 0 spiro atoms. The Bertz CT molecular complexity index is 97.4. The number of ether oxygens (including phenoxy) is 1. The fourth-order valence-electron chi connectivity index (χ4n) is 0.385. The van der Waals surface area contributed by atoms with Crippen molar-refractivity contribution in [1.29, 1.82) is 0 Å². The molecule has 1 aromatic rings. The number of rotatable bonds is 1. The van der Waals surface area contributed by atoms with E-state index in [1.807, 2.05) is 71.0 Å². The van der Waals surface area contributed by atoms with Crippen LogP contribution in [0.3, 0.4) is 0 Å². The van der Waals surface area contributed by atoms with Crippen LogP contribution in [-0.4, -0.2) is 13.7 Å². The molecule has 0 saturated carbocycles. The van der Waals surface area contributed by atoms with Crippen molar-refractivity contribution in [3.05, 3.63) is 36.4 Å². The van der Waals surface area contributed by atoms with E-state index in [-0.39, 0.29) is 14.9 Å². The topological polar surface area (TPSA) is 9.23 Å². The fraction of sp³-hybridized carbons (Fsp3) is 0.600. The molecule has 0 unspecified atom stereocenters. The molecule has 0 radical (unpaired) electrons. The Morgan fingerprint density at radius 1 is 0.688 bits per heavy atom. The summed E-state index contributed by atoms with van der Waals surface area (Å²) in [6.07, 6.45) is 0. The molecule has 0 aliphatic carbocycles. The second-order valence-corrected chi connectivity index (χ2v) is 1.73. The second-order valence-electron chi connectivity index (χ2n) is 1.73. The Kier molecular flexibility index (Phi) is 88.0. The lowest BCUT2D eigenvalue weighted by atomic mass is 10.4. The Morgan fingerprint density at radius 2 is 0.812 bits per heavy atom. The van der Waals surface area contributed by atoms with Crippen molar-refractivity contribution >= 4 is 0 Å². The molecule has 0 bridgehead atoms. The summed E-state index contributed by atoms with van der Waals surface area (Å²) in [5, 5.41) is 0. The minimum absolute atomic E-state index is 0. The minimum atomic E-state index is 0. The molecule has 1 aromatic carbocycles. The second kappa shape index (κ2) is 47.8. The zero-order valence-electron chi connectivity index (χ0n) is 10.6. The van der Waals surface area contributed by atoms with Crippen LogP contribution in [0.5, 0.6) is 0 Å². The van der Waals surface area contributed by atoms with Gasteiger partial charge in [-0.25, -0.2) is 0 Å². The van der Waals surface area contributed by atoms with Gasteiger partial charge in [-0.05, 0) is 6.92 Å². The third-order valence-electron chi connectivity index (χ3n) is 0.955. The maximum absolute atomic E-state index is 4.54. The van der Waals surface area contributed by atoms with E-state index in [0.717, 1.165) is 6.61 Å². The number of methoxy groups -OCH3 is 1. The van der Waals surface area contributed by atoms with Crippen LogP contribution in [0.15, 0.2) is 36.4 Å². The Morgan fingerprint density at radius 3 is 0.875 bits per heavy atom. The predicted molar refractivity (Wildman–Crippen MR) is 80.2 cm³/mol. The monoisotopic (exact) mass is 230 g/mol. The highest BCUT2D eigenvalue weighted by Gasteiger charge is 1.57. The standard InChI is InChI=1S/C6H6.C3H8O.2C2H6.2CH4/c1-2-4-6-5-3-1;1-3-4-2;2*1-2;;/h1-6H;3H2,1-2H3;2*1-2H3;2*1H4. The molecule has 1 rings (SSSR count). The van der Waals surface area contributed by atoms with Gasteiger partial charge in [0.2, 0.25) is 0 Å². The third kappa shape index (κ3) is 51.2. The molecular weight excluding hydrogens is 196 g/mol. The lowest BCUT2D eigenvalue weighted by Crippen LogP contribution is -1.73. The van der Waals surface area contributed by atoms with Gasteiger partial charge in [-0.15, -0.1) is 0 Å². The maximum Gasteiger partial charge on any atom is 0.0433 e. The Hall–Kier alpha value is -0.820. The molecule has 16 heavy (non-hydrogen) atoms. The van der Waals surface area contributed by atoms with E-state index in [0.29, 0.717) is 0 Å². The van der Waals surface area contributed by atoms with E-state index in [9.17, 15) is 0 Å². The van der Waals surface area contributed by atoms with E-state index < -0.39 is 0 Å². The van der Waals surface area contributed by atoms with Crippen LogP contribution < -0.4 is 0 Å². The van der Waals surface area contributed by atoms with Gasteiger partial charge in [0.05, 0.1) is 0 Å². The molecule has 0 fully saturated rings. The summed E-state index contributed by atoms with van der Waals surface area (Å²) in [7, 11) is 1.68. The van der Waals surface area contributed by atoms with Gasteiger partial charge in [0, 0.05) is 13.7 Å². The van der Waals surface area contributed by atoms with Crippen molar-refractivity contribution in [2.75, 3.05) is 13.7 Å². The highest BCUT2D eigenvalue weighted by Crippen LogP contribution is 1.79. The molecule has 0 atom stereocenters. The normalized spacial score (nSPS) is 5.62. The van der Waals surface area contributed by atoms with Gasteiger partial charge in [0.25, 0.3) is 0 Å². The summed E-state index contributed by atoms with van der Waals surface area (Å²) in [6.45, 7) is 10.8. The highest BCUT2D eigenvalue weighted by atomic mass is 16.5. The third-order valence-corrected chi connectivity index (χ3v) is 0.955. The van der Waals surface area contributed by atoms with E-state index >= 15 is 0 Å². The summed E-state index contributed by atoms with van der Waals surface area (Å²) in [6, 6.07) is 12.0. The van der Waals surface area contributed by atoms with Crippen molar-refractivity contribution in [3.8, 4) is 0 Å². The van der Waals surface area contributed by atoms with Crippen LogP contribution in [0, 0.1) is 0 Å². The van der Waals surface area contributed by atoms with Crippen molar-refractivity contribution in [1.82, 2.24) is 0 Å². The largest absolute Gasteiger partial charge is 0.385 e. The molecule has 100 valence electrons. The molecule has 0 amide bonds. The van der Waals surface area contributed by atoms with Gasteiger partial charge < -0.3 is 4.74 Å². The molecule has 0 aliphatic heterocycles. The van der Waals surface area contributed by atoms with Gasteiger partial charge in [-0.1, -0.05) is 78.9 Å². The maximum atomic E-state index is 4.54. The molecule has 1 nitrogen and oxygen atoms in total. The minimum Gasteiger partial charge on any atom is -0.385 e. The quantitative estimate of drug-likeness (QED) is 0.604. The molecule has 1 heteroatoms. The van der Waals surface area contributed by atoms with Crippen LogP contribution in [0.2, 0.25) is 0 Å². The zero-order chi connectivity index (χ0) is 11.7. The number of hydrogen-bond acceptors (Lipinski definition) is 1. The van der Waals surface area contributed by atoms with Crippen LogP contribution >= 0.6 is 0 Å². The van der Waals surface area contributed by atoms with Crippen LogP contribution in [0.1, 0.15) is 49.5 Å². The van der Waals surface area contributed by atoms with E-state index in [1.54, 1.807) is 7.11 Å². The SMILES string of the molecule is C.C.CC.CC.CCOC.c1ccccc1. The van der Waals surface area contributed by atoms with Crippen molar-refractivity contribution in [2.24, 2.45) is 0 Å². The summed E-state index contributed by atoms with van der Waals surface area (Å²) < 4.78 is 4.54. The molecule has 0 aliphatic rings. The van der Waals surface area contributed by atoms with Crippen LogP contribution in [0.25, 0.3) is 0 Å². The van der Waals surface area contributed by atoms with E-state index in [1.165, 1.54) is 0 Å².